The number of nitrogens with zero attached hydrogens (tertiary/aromatic N) is 1. The van der Waals surface area contributed by atoms with Gasteiger partial charge in [0, 0.05) is 5.69 Å². The molecule has 2 aromatic rings. The van der Waals surface area contributed by atoms with E-state index in [0.717, 1.165) is 5.56 Å². The highest BCUT2D eigenvalue weighted by atomic mass is 19.3. The third-order valence-corrected chi connectivity index (χ3v) is 3.44. The van der Waals surface area contributed by atoms with Gasteiger partial charge in [0.1, 0.15) is 5.75 Å². The van der Waals surface area contributed by atoms with Crippen molar-refractivity contribution in [2.24, 2.45) is 5.16 Å². The number of hydrogen-bond donors (Lipinski definition) is 1. The van der Waals surface area contributed by atoms with Gasteiger partial charge in [-0.25, -0.2) is 0 Å². The fraction of sp³-hybridized carbons (Fsp3) is 0.263. The van der Waals surface area contributed by atoms with Gasteiger partial charge in [-0.15, -0.1) is 0 Å². The number of alkyl halides is 2. The Hall–Kier alpha value is -2.96. The van der Waals surface area contributed by atoms with E-state index in [1.807, 2.05) is 24.3 Å². The van der Waals surface area contributed by atoms with Gasteiger partial charge in [-0.2, -0.15) is 8.78 Å². The summed E-state index contributed by atoms with van der Waals surface area (Å²) in [7, 11) is 0. The van der Waals surface area contributed by atoms with Gasteiger partial charge in [0.15, 0.2) is 6.61 Å². The zero-order chi connectivity index (χ0) is 18.9. The summed E-state index contributed by atoms with van der Waals surface area (Å²) in [4.78, 5) is 16.7. The molecule has 0 bridgehead atoms. The van der Waals surface area contributed by atoms with Gasteiger partial charge < -0.3 is 14.9 Å². The number of oxime groups is 1. The zero-order valence-electron chi connectivity index (χ0n) is 14.5. The fourth-order valence-electron chi connectivity index (χ4n) is 2.08. The number of benzene rings is 2. The van der Waals surface area contributed by atoms with E-state index < -0.39 is 12.5 Å². The molecule has 0 radical (unpaired) electrons. The lowest BCUT2D eigenvalue weighted by Gasteiger charge is -2.07. The van der Waals surface area contributed by atoms with Crippen LogP contribution < -0.4 is 10.1 Å². The minimum absolute atomic E-state index is 0.0161. The van der Waals surface area contributed by atoms with E-state index >= 15 is 0 Å². The molecule has 5 nitrogen and oxygen atoms in total. The van der Waals surface area contributed by atoms with E-state index in [9.17, 15) is 13.6 Å². The zero-order valence-corrected chi connectivity index (χ0v) is 14.5. The second-order valence-electron chi connectivity index (χ2n) is 5.78. The first-order valence-corrected chi connectivity index (χ1v) is 8.04. The van der Waals surface area contributed by atoms with Crippen molar-refractivity contribution in [3.05, 3.63) is 59.7 Å². The molecule has 0 heterocycles. The smallest absolute Gasteiger partial charge is 0.387 e. The van der Waals surface area contributed by atoms with Gasteiger partial charge in [0.25, 0.3) is 5.91 Å². The summed E-state index contributed by atoms with van der Waals surface area (Å²) in [6, 6.07) is 13.4. The van der Waals surface area contributed by atoms with Crippen molar-refractivity contribution in [1.82, 2.24) is 0 Å². The summed E-state index contributed by atoms with van der Waals surface area (Å²) in [5.41, 5.74) is 2.53. The van der Waals surface area contributed by atoms with E-state index in [1.54, 1.807) is 0 Å². The lowest BCUT2D eigenvalue weighted by atomic mass is 10.0. The summed E-state index contributed by atoms with van der Waals surface area (Å²) < 4.78 is 28.3. The molecule has 0 saturated heterocycles. The van der Waals surface area contributed by atoms with E-state index in [1.165, 1.54) is 36.0 Å². The molecule has 26 heavy (non-hydrogen) atoms. The maximum Gasteiger partial charge on any atom is 0.387 e. The number of ether oxygens (including phenoxy) is 1. The molecule has 138 valence electrons. The van der Waals surface area contributed by atoms with Crippen molar-refractivity contribution in [3.63, 3.8) is 0 Å². The highest BCUT2D eigenvalue weighted by molar-refractivity contribution is 5.91. The molecule has 1 amide bonds. The fourth-order valence-corrected chi connectivity index (χ4v) is 2.08. The van der Waals surface area contributed by atoms with Crippen molar-refractivity contribution >= 4 is 17.8 Å². The molecule has 0 unspecified atom stereocenters. The average Bonchev–Trinajstić information content (AvgIpc) is 2.60. The summed E-state index contributed by atoms with van der Waals surface area (Å²) in [6.07, 6.45) is 1.52. The Morgan fingerprint density at radius 2 is 1.77 bits per heavy atom. The standard InChI is InChI=1S/C19H20F2N2O3/c1-13(2)15-5-3-14(4-6-15)11-22-25-12-18(24)23-16-7-9-17(10-8-16)26-19(20)21/h3-11,13,19H,12H2,1-2H3,(H,23,24)/b22-11-. The van der Waals surface area contributed by atoms with Crippen LogP contribution >= 0.6 is 0 Å². The second-order valence-corrected chi connectivity index (χ2v) is 5.78. The Kier molecular flexibility index (Phi) is 7.08. The first-order chi connectivity index (χ1) is 12.4. The van der Waals surface area contributed by atoms with Gasteiger partial charge in [-0.3, -0.25) is 4.79 Å². The molecule has 7 heteroatoms. The third kappa shape index (κ3) is 6.51. The van der Waals surface area contributed by atoms with Crippen LogP contribution in [0.1, 0.15) is 30.9 Å². The van der Waals surface area contributed by atoms with Crippen molar-refractivity contribution in [2.75, 3.05) is 11.9 Å². The van der Waals surface area contributed by atoms with Crippen LogP contribution in [-0.4, -0.2) is 25.3 Å². The number of halogens is 2. The molecule has 0 aliphatic carbocycles. The highest BCUT2D eigenvalue weighted by Crippen LogP contribution is 2.17. The van der Waals surface area contributed by atoms with Crippen LogP contribution in [-0.2, 0) is 9.63 Å². The second kappa shape index (κ2) is 9.50. The molecule has 0 saturated carbocycles. The van der Waals surface area contributed by atoms with Crippen molar-refractivity contribution in [1.29, 1.82) is 0 Å². The number of rotatable bonds is 8. The Morgan fingerprint density at radius 1 is 1.12 bits per heavy atom. The highest BCUT2D eigenvalue weighted by Gasteiger charge is 2.06. The minimum Gasteiger partial charge on any atom is -0.435 e. The van der Waals surface area contributed by atoms with Crippen LogP contribution in [0.5, 0.6) is 5.75 Å². The quantitative estimate of drug-likeness (QED) is 0.559. The third-order valence-electron chi connectivity index (χ3n) is 3.44. The van der Waals surface area contributed by atoms with E-state index in [-0.39, 0.29) is 12.4 Å². The van der Waals surface area contributed by atoms with Crippen LogP contribution in [0, 0.1) is 0 Å². The number of amides is 1. The average molecular weight is 362 g/mol. The molecule has 0 fully saturated rings. The van der Waals surface area contributed by atoms with Crippen LogP contribution in [0.25, 0.3) is 0 Å². The summed E-state index contributed by atoms with van der Waals surface area (Å²) in [5.74, 6) is 0.0547. The Bertz CT molecular complexity index is 729. The predicted molar refractivity (Wildman–Crippen MR) is 95.8 cm³/mol. The summed E-state index contributed by atoms with van der Waals surface area (Å²) >= 11 is 0. The number of hydrogen-bond acceptors (Lipinski definition) is 4. The van der Waals surface area contributed by atoms with Crippen LogP contribution in [0.15, 0.2) is 53.7 Å². The van der Waals surface area contributed by atoms with E-state index in [0.29, 0.717) is 11.6 Å². The maximum atomic E-state index is 12.1. The normalized spacial score (nSPS) is 11.2. The first-order valence-electron chi connectivity index (χ1n) is 8.04. The molecule has 1 N–H and O–H groups in total. The molecule has 0 aromatic heterocycles. The van der Waals surface area contributed by atoms with Crippen molar-refractivity contribution in [3.8, 4) is 5.75 Å². The summed E-state index contributed by atoms with van der Waals surface area (Å²) in [6.45, 7) is 1.08. The number of carbonyl (C=O) groups excluding carboxylic acids is 1. The van der Waals surface area contributed by atoms with Gasteiger partial charge >= 0.3 is 6.61 Å². The first kappa shape index (κ1) is 19.4. The molecular weight excluding hydrogens is 342 g/mol. The number of nitrogens with one attached hydrogen (secondary N) is 1. The van der Waals surface area contributed by atoms with E-state index in [4.69, 9.17) is 4.84 Å². The van der Waals surface area contributed by atoms with Gasteiger partial charge in [-0.05, 0) is 41.3 Å². The molecule has 2 aromatic carbocycles. The van der Waals surface area contributed by atoms with Gasteiger partial charge in [0.05, 0.1) is 6.21 Å². The summed E-state index contributed by atoms with van der Waals surface area (Å²) in [5, 5.41) is 6.32. The Morgan fingerprint density at radius 3 is 2.35 bits per heavy atom. The maximum absolute atomic E-state index is 12.1. The molecular formula is C19H20F2N2O3. The van der Waals surface area contributed by atoms with Crippen molar-refractivity contribution < 1.29 is 23.1 Å². The largest absolute Gasteiger partial charge is 0.435 e. The van der Waals surface area contributed by atoms with E-state index in [2.05, 4.69) is 29.1 Å². The molecule has 0 spiro atoms. The SMILES string of the molecule is CC(C)c1ccc(/C=N\OCC(=O)Nc2ccc(OC(F)F)cc2)cc1. The number of anilines is 1. The lowest BCUT2D eigenvalue weighted by molar-refractivity contribution is -0.120. The van der Waals surface area contributed by atoms with Gasteiger partial charge in [-0.1, -0.05) is 43.3 Å². The molecule has 0 aliphatic heterocycles. The Balaban J connectivity index is 1.76. The topological polar surface area (TPSA) is 59.9 Å². The van der Waals surface area contributed by atoms with Crippen LogP contribution in [0.3, 0.4) is 0 Å². The molecule has 0 aliphatic rings. The predicted octanol–water partition coefficient (Wildman–Crippen LogP) is 4.40. The minimum atomic E-state index is -2.89. The molecule has 2 rings (SSSR count). The van der Waals surface area contributed by atoms with Gasteiger partial charge in [0.2, 0.25) is 0 Å². The molecule has 0 atom stereocenters. The number of carbonyl (C=O) groups is 1. The monoisotopic (exact) mass is 362 g/mol. The Labute approximate surface area is 150 Å². The van der Waals surface area contributed by atoms with Crippen LogP contribution in [0.2, 0.25) is 0 Å². The lowest BCUT2D eigenvalue weighted by Crippen LogP contribution is -2.16. The van der Waals surface area contributed by atoms with Crippen LogP contribution in [0.4, 0.5) is 14.5 Å². The van der Waals surface area contributed by atoms with Crippen molar-refractivity contribution in [2.45, 2.75) is 26.4 Å².